The second-order valence-electron chi connectivity index (χ2n) is 3.90. The number of carboxylic acids is 1. The normalized spacial score (nSPS) is 16.1. The van der Waals surface area contributed by atoms with E-state index in [0.29, 0.717) is 6.07 Å². The minimum absolute atomic E-state index is 0.0155. The lowest BCUT2D eigenvalue weighted by atomic mass is 10.2. The Labute approximate surface area is 109 Å². The fourth-order valence-corrected chi connectivity index (χ4v) is 1.92. The van der Waals surface area contributed by atoms with Crippen LogP contribution in [0.4, 0.5) is 10.1 Å². The average molecular weight is 320 g/mol. The van der Waals surface area contributed by atoms with Crippen LogP contribution >= 0.6 is 15.9 Å². The fraction of sp³-hybridized carbons (Fsp3) is 0.300. The molecule has 0 unspecified atom stereocenters. The molecule has 1 aromatic carbocycles. The van der Waals surface area contributed by atoms with Gasteiger partial charge in [0, 0.05) is 18.9 Å². The molecule has 1 fully saturated rings. The highest BCUT2D eigenvalue weighted by Crippen LogP contribution is 2.44. The zero-order valence-electron chi connectivity index (χ0n) is 8.85. The molecule has 0 bridgehead atoms. The van der Waals surface area contributed by atoms with E-state index in [4.69, 9.17) is 9.84 Å². The summed E-state index contributed by atoms with van der Waals surface area (Å²) in [4.78, 5) is 20.7. The summed E-state index contributed by atoms with van der Waals surface area (Å²) in [6.45, 7) is 0. The second kappa shape index (κ2) is 4.20. The van der Waals surface area contributed by atoms with Gasteiger partial charge in [0.1, 0.15) is 0 Å². The van der Waals surface area contributed by atoms with Gasteiger partial charge in [-0.05, 0) is 15.9 Å². The number of non-ortho nitro benzene ring substituents is 1. The Morgan fingerprint density at radius 3 is 2.56 bits per heavy atom. The molecule has 0 aliphatic heterocycles. The first-order valence-corrected chi connectivity index (χ1v) is 5.71. The minimum atomic E-state index is -1.40. The number of ether oxygens (including phenoxy) is 1. The highest BCUT2D eigenvalue weighted by molar-refractivity contribution is 9.10. The van der Waals surface area contributed by atoms with Crippen LogP contribution in [0.1, 0.15) is 12.8 Å². The van der Waals surface area contributed by atoms with Gasteiger partial charge >= 0.3 is 5.97 Å². The van der Waals surface area contributed by atoms with Crippen LogP contribution in [0.5, 0.6) is 5.75 Å². The molecule has 0 aromatic heterocycles. The molecule has 0 saturated heterocycles. The number of carbonyl (C=O) groups is 1. The van der Waals surface area contributed by atoms with Crippen molar-refractivity contribution in [3.8, 4) is 5.75 Å². The van der Waals surface area contributed by atoms with Crippen molar-refractivity contribution in [3.05, 3.63) is 32.5 Å². The maximum Gasteiger partial charge on any atom is 0.348 e. The molecule has 2 rings (SSSR count). The summed E-state index contributed by atoms with van der Waals surface area (Å²) in [6.07, 6.45) is 0.566. The van der Waals surface area contributed by atoms with Gasteiger partial charge in [-0.25, -0.2) is 9.18 Å². The van der Waals surface area contributed by atoms with Crippen LogP contribution in [0.2, 0.25) is 0 Å². The lowest BCUT2D eigenvalue weighted by Crippen LogP contribution is -2.29. The van der Waals surface area contributed by atoms with Gasteiger partial charge in [-0.15, -0.1) is 0 Å². The van der Waals surface area contributed by atoms with Gasteiger partial charge in [-0.3, -0.25) is 10.1 Å². The highest BCUT2D eigenvalue weighted by atomic mass is 79.9. The smallest absolute Gasteiger partial charge is 0.348 e. The average Bonchev–Trinajstić information content (AvgIpc) is 3.04. The molecular formula is C10H7BrFNO5. The van der Waals surface area contributed by atoms with Crippen molar-refractivity contribution in [2.45, 2.75) is 18.4 Å². The number of rotatable bonds is 4. The summed E-state index contributed by atoms with van der Waals surface area (Å²) < 4.78 is 18.8. The summed E-state index contributed by atoms with van der Waals surface area (Å²) in [5, 5.41) is 19.4. The van der Waals surface area contributed by atoms with Gasteiger partial charge in [-0.1, -0.05) is 0 Å². The molecule has 0 radical (unpaired) electrons. The second-order valence-corrected chi connectivity index (χ2v) is 4.75. The predicted octanol–water partition coefficient (Wildman–Crippen LogP) is 2.49. The molecule has 0 heterocycles. The Morgan fingerprint density at radius 2 is 2.17 bits per heavy atom. The van der Waals surface area contributed by atoms with Gasteiger partial charge in [0.15, 0.2) is 11.6 Å². The summed E-state index contributed by atoms with van der Waals surface area (Å²) in [6, 6.07) is 1.76. The summed E-state index contributed by atoms with van der Waals surface area (Å²) in [5.41, 5.74) is -1.84. The van der Waals surface area contributed by atoms with Gasteiger partial charge in [0.25, 0.3) is 5.69 Å². The Kier molecular flexibility index (Phi) is 2.97. The maximum absolute atomic E-state index is 13.6. The lowest BCUT2D eigenvalue weighted by Gasteiger charge is -2.15. The summed E-state index contributed by atoms with van der Waals surface area (Å²) in [5.74, 6) is -2.46. The number of nitrogens with zero attached hydrogens (tertiary/aromatic N) is 1. The third kappa shape index (κ3) is 2.15. The standard InChI is InChI=1S/C10H7BrFNO5/c11-6-3-5(13(16)17)4-7(12)8(6)18-10(1-2-10)9(14)15/h3-4H,1-2H2,(H,14,15). The largest absolute Gasteiger partial charge is 0.478 e. The molecule has 1 aromatic rings. The van der Waals surface area contributed by atoms with Crippen LogP contribution in [0, 0.1) is 15.9 Å². The minimum Gasteiger partial charge on any atom is -0.478 e. The van der Waals surface area contributed by atoms with Gasteiger partial charge < -0.3 is 9.84 Å². The maximum atomic E-state index is 13.6. The number of nitro groups is 1. The van der Waals surface area contributed by atoms with E-state index in [-0.39, 0.29) is 23.1 Å². The number of hydrogen-bond donors (Lipinski definition) is 1. The van der Waals surface area contributed by atoms with Crippen molar-refractivity contribution in [1.82, 2.24) is 0 Å². The first-order valence-electron chi connectivity index (χ1n) is 4.91. The molecule has 0 atom stereocenters. The van der Waals surface area contributed by atoms with E-state index >= 15 is 0 Å². The van der Waals surface area contributed by atoms with E-state index in [2.05, 4.69) is 15.9 Å². The van der Waals surface area contributed by atoms with E-state index in [1.807, 2.05) is 0 Å². The van der Waals surface area contributed by atoms with Crippen molar-refractivity contribution in [3.63, 3.8) is 0 Å². The number of nitro benzene ring substituents is 1. The SMILES string of the molecule is O=C(O)C1(Oc2c(F)cc([N+](=O)[O-])cc2Br)CC1. The van der Waals surface area contributed by atoms with Crippen molar-refractivity contribution in [2.24, 2.45) is 0 Å². The Balaban J connectivity index is 2.35. The molecule has 1 aliphatic rings. The topological polar surface area (TPSA) is 89.7 Å². The summed E-state index contributed by atoms with van der Waals surface area (Å²) >= 11 is 2.93. The molecule has 0 spiro atoms. The first-order chi connectivity index (χ1) is 8.35. The third-order valence-corrected chi connectivity index (χ3v) is 3.17. The first kappa shape index (κ1) is 12.7. The van der Waals surface area contributed by atoms with E-state index in [9.17, 15) is 19.3 Å². The fourth-order valence-electron chi connectivity index (χ4n) is 1.42. The molecule has 18 heavy (non-hydrogen) atoms. The Bertz CT molecular complexity index is 520. The lowest BCUT2D eigenvalue weighted by molar-refractivity contribution is -0.385. The van der Waals surface area contributed by atoms with E-state index < -0.39 is 28.0 Å². The molecule has 6 nitrogen and oxygen atoms in total. The highest BCUT2D eigenvalue weighted by Gasteiger charge is 2.54. The molecular weight excluding hydrogens is 313 g/mol. The van der Waals surface area contributed by atoms with Crippen LogP contribution in [0.3, 0.4) is 0 Å². The quantitative estimate of drug-likeness (QED) is 0.680. The number of aliphatic carboxylic acids is 1. The molecule has 1 aliphatic carbocycles. The zero-order chi connectivity index (χ0) is 13.5. The number of halogens is 2. The number of hydrogen-bond acceptors (Lipinski definition) is 4. The Morgan fingerprint density at radius 1 is 1.56 bits per heavy atom. The van der Waals surface area contributed by atoms with Gasteiger partial charge in [0.2, 0.25) is 5.60 Å². The van der Waals surface area contributed by atoms with E-state index in [1.54, 1.807) is 0 Å². The third-order valence-electron chi connectivity index (χ3n) is 2.59. The van der Waals surface area contributed by atoms with Crippen LogP contribution in [-0.2, 0) is 4.79 Å². The molecule has 8 heteroatoms. The van der Waals surface area contributed by atoms with Crippen LogP contribution in [-0.4, -0.2) is 21.6 Å². The van der Waals surface area contributed by atoms with E-state index in [1.165, 1.54) is 0 Å². The van der Waals surface area contributed by atoms with E-state index in [0.717, 1.165) is 6.07 Å². The molecule has 0 amide bonds. The number of carboxylic acid groups (broad SMARTS) is 1. The molecule has 96 valence electrons. The number of benzene rings is 1. The summed E-state index contributed by atoms with van der Waals surface area (Å²) in [7, 11) is 0. The van der Waals surface area contributed by atoms with Crippen molar-refractivity contribution < 1.29 is 24.0 Å². The monoisotopic (exact) mass is 319 g/mol. The zero-order valence-corrected chi connectivity index (χ0v) is 10.4. The van der Waals surface area contributed by atoms with Gasteiger partial charge in [-0.2, -0.15) is 0 Å². The van der Waals surface area contributed by atoms with Crippen LogP contribution in [0.25, 0.3) is 0 Å². The molecule has 1 saturated carbocycles. The van der Waals surface area contributed by atoms with Crippen molar-refractivity contribution in [2.75, 3.05) is 0 Å². The predicted molar refractivity (Wildman–Crippen MR) is 61.0 cm³/mol. The van der Waals surface area contributed by atoms with Crippen molar-refractivity contribution in [1.29, 1.82) is 0 Å². The van der Waals surface area contributed by atoms with Crippen LogP contribution in [0.15, 0.2) is 16.6 Å². The van der Waals surface area contributed by atoms with Crippen LogP contribution < -0.4 is 4.74 Å². The molecule has 1 N–H and O–H groups in total. The van der Waals surface area contributed by atoms with Crippen molar-refractivity contribution >= 4 is 27.6 Å². The van der Waals surface area contributed by atoms with Gasteiger partial charge in [0.05, 0.1) is 15.5 Å². The Hall–Kier alpha value is -1.70.